The molecule has 0 N–H and O–H groups in total. The molecule has 0 fully saturated rings. The number of rotatable bonds is 4. The van der Waals surface area contributed by atoms with Crippen LogP contribution < -0.4 is 0 Å². The molecule has 0 bridgehead atoms. The number of halogens is 6. The van der Waals surface area contributed by atoms with Crippen molar-refractivity contribution in [2.45, 2.75) is 51.9 Å². The molecule has 1 rings (SSSR count). The Morgan fingerprint density at radius 2 is 0.828 bits per heavy atom. The summed E-state index contributed by atoms with van der Waals surface area (Å²) < 4.78 is 67.7. The van der Waals surface area contributed by atoms with Crippen LogP contribution in [0.15, 0.2) is 24.3 Å². The number of carbonyl (C=O) groups is 4. The fraction of sp³-hybridized carbons (Fsp3) is 0.444. The predicted octanol–water partition coefficient (Wildman–Crippen LogP) is 4.49. The molecule has 1 aliphatic carbocycles. The van der Waals surface area contributed by atoms with Gasteiger partial charge in [-0.2, -0.15) is 26.3 Å². The number of hydrogen-bond acceptors (Lipinski definition) is 4. The monoisotopic (exact) mass is 516 g/mol. The van der Waals surface area contributed by atoms with E-state index in [-0.39, 0.29) is 32.3 Å². The number of Topliss-reactive ketones (excluding diaryl/α,β-unsaturated/α-hetero) is 4. The first-order valence-corrected chi connectivity index (χ1v) is 7.90. The minimum Gasteiger partial charge on any atom is -0.334 e. The summed E-state index contributed by atoms with van der Waals surface area (Å²) in [6.07, 6.45) is 4.18. The summed E-state index contributed by atoms with van der Waals surface area (Å²) in [5, 5.41) is 0. The molecule has 0 saturated carbocycles. The smallest absolute Gasteiger partial charge is 0.334 e. The maximum Gasteiger partial charge on any atom is 2.00 e. The van der Waals surface area contributed by atoms with E-state index < -0.39 is 35.5 Å². The topological polar surface area (TPSA) is 68.3 Å². The molecule has 0 aliphatic heterocycles. The third kappa shape index (κ3) is 22.3. The van der Waals surface area contributed by atoms with Gasteiger partial charge in [-0.25, -0.2) is 0 Å². The molecular formula is C18H20F6O4Ru. The van der Waals surface area contributed by atoms with Crippen LogP contribution in [0, 0.1) is 12.8 Å². The minimum absolute atomic E-state index is 0. The minimum atomic E-state index is -4.92. The van der Waals surface area contributed by atoms with E-state index in [1.54, 1.807) is 0 Å². The van der Waals surface area contributed by atoms with E-state index in [9.17, 15) is 45.5 Å². The number of carbonyl (C=O) groups excluding carboxylic acids is 4. The van der Waals surface area contributed by atoms with Crippen molar-refractivity contribution < 1.29 is 65.0 Å². The van der Waals surface area contributed by atoms with E-state index in [0.29, 0.717) is 0 Å². The summed E-state index contributed by atoms with van der Waals surface area (Å²) >= 11 is 0. The third-order valence-electron chi connectivity index (χ3n) is 2.56. The van der Waals surface area contributed by atoms with Crippen LogP contribution in [0.3, 0.4) is 0 Å². The maximum absolute atomic E-state index is 11.3. The van der Waals surface area contributed by atoms with Gasteiger partial charge in [0, 0.05) is 11.6 Å². The maximum atomic E-state index is 11.3. The molecule has 166 valence electrons. The molecule has 0 amide bonds. The van der Waals surface area contributed by atoms with Crippen molar-refractivity contribution in [3.05, 3.63) is 37.1 Å². The zero-order valence-corrected chi connectivity index (χ0v) is 17.3. The number of hydrogen-bond donors (Lipinski definition) is 0. The fourth-order valence-corrected chi connectivity index (χ4v) is 1.39. The van der Waals surface area contributed by atoms with Crippen molar-refractivity contribution in [1.82, 2.24) is 0 Å². The summed E-state index contributed by atoms with van der Waals surface area (Å²) in [5.41, 5.74) is 0. The first-order chi connectivity index (χ1) is 12.7. The standard InChI is InChI=1S/C8H12.2C5H4F3O2.Ru/c1-2-4-6-8-7-5-3-1;2*1-3(9)2-4(10)5(6,7)8;/h1-2,7-8H,3-6H2;2*2H,1H3;/q;2*-1;+2. The summed E-state index contributed by atoms with van der Waals surface area (Å²) in [6.45, 7) is 1.76. The first kappa shape index (κ1) is 31.8. The van der Waals surface area contributed by atoms with Gasteiger partial charge in [-0.15, -0.1) is 0 Å². The quantitative estimate of drug-likeness (QED) is 0.182. The number of ketones is 4. The average molecular weight is 515 g/mol. The molecule has 0 heterocycles. The van der Waals surface area contributed by atoms with Gasteiger partial charge in [0.25, 0.3) is 0 Å². The summed E-state index contributed by atoms with van der Waals surface area (Å²) in [5.74, 6) is -6.02. The Kier molecular flexibility index (Phi) is 17.5. The van der Waals surface area contributed by atoms with E-state index in [0.717, 1.165) is 13.8 Å². The molecule has 0 atom stereocenters. The predicted molar refractivity (Wildman–Crippen MR) is 88.8 cm³/mol. The van der Waals surface area contributed by atoms with Crippen LogP contribution in [0.25, 0.3) is 0 Å². The molecule has 0 aromatic carbocycles. The molecule has 0 aromatic rings. The Balaban J connectivity index is -0.000000345. The van der Waals surface area contributed by atoms with Crippen molar-refractivity contribution >= 4 is 23.1 Å². The Labute approximate surface area is 177 Å². The van der Waals surface area contributed by atoms with Crippen LogP contribution in [-0.4, -0.2) is 35.5 Å². The summed E-state index contributed by atoms with van der Waals surface area (Å²) in [6, 6.07) is 0. The van der Waals surface area contributed by atoms with Crippen LogP contribution in [0.1, 0.15) is 39.5 Å². The van der Waals surface area contributed by atoms with Gasteiger partial charge in [0.05, 0.1) is 0 Å². The molecular weight excluding hydrogens is 495 g/mol. The Morgan fingerprint density at radius 3 is 0.931 bits per heavy atom. The van der Waals surface area contributed by atoms with Gasteiger partial charge in [0.1, 0.15) is 11.6 Å². The summed E-state index contributed by atoms with van der Waals surface area (Å²) in [7, 11) is 0. The van der Waals surface area contributed by atoms with Crippen molar-refractivity contribution in [2.75, 3.05) is 0 Å². The normalized spacial score (nSPS) is 13.0. The van der Waals surface area contributed by atoms with Crippen LogP contribution in [0.4, 0.5) is 26.3 Å². The van der Waals surface area contributed by atoms with E-state index in [1.165, 1.54) is 25.7 Å². The van der Waals surface area contributed by atoms with Gasteiger partial charge in [0.15, 0.2) is 0 Å². The molecule has 29 heavy (non-hydrogen) atoms. The Hall–Kier alpha value is -1.90. The molecule has 0 spiro atoms. The van der Waals surface area contributed by atoms with Crippen LogP contribution in [0.5, 0.6) is 0 Å². The van der Waals surface area contributed by atoms with Gasteiger partial charge < -0.3 is 19.2 Å². The second-order valence-electron chi connectivity index (χ2n) is 5.33. The van der Waals surface area contributed by atoms with Crippen LogP contribution in [0.2, 0.25) is 0 Å². The van der Waals surface area contributed by atoms with E-state index in [1.807, 2.05) is 0 Å². The Morgan fingerprint density at radius 1 is 0.621 bits per heavy atom. The Bertz CT molecular complexity index is 528. The number of allylic oxidation sites excluding steroid dienone is 4. The second-order valence-corrected chi connectivity index (χ2v) is 5.33. The summed E-state index contributed by atoms with van der Waals surface area (Å²) in [4.78, 5) is 39.6. The van der Waals surface area contributed by atoms with E-state index in [4.69, 9.17) is 0 Å². The third-order valence-corrected chi connectivity index (χ3v) is 2.56. The SMILES string of the molecule is C1=CCCC=CCC1.CC(=O)[CH-]C(=O)C(F)(F)F.CC(=O)[CH-]C(=O)C(F)(F)F.[Ru+2]. The second kappa shape index (κ2) is 16.0. The molecule has 4 nitrogen and oxygen atoms in total. The largest absolute Gasteiger partial charge is 2.00 e. The van der Waals surface area contributed by atoms with E-state index in [2.05, 4.69) is 24.3 Å². The van der Waals surface area contributed by atoms with Crippen LogP contribution in [-0.2, 0) is 38.7 Å². The van der Waals surface area contributed by atoms with Crippen LogP contribution >= 0.6 is 0 Å². The number of alkyl halides is 6. The molecule has 1 aliphatic rings. The first-order valence-electron chi connectivity index (χ1n) is 7.90. The van der Waals surface area contributed by atoms with Gasteiger partial charge in [0.2, 0.25) is 0 Å². The fourth-order valence-electron chi connectivity index (χ4n) is 1.39. The molecule has 0 aromatic heterocycles. The van der Waals surface area contributed by atoms with Crippen molar-refractivity contribution in [2.24, 2.45) is 0 Å². The molecule has 0 radical (unpaired) electrons. The molecule has 0 unspecified atom stereocenters. The zero-order chi connectivity index (χ0) is 22.4. The van der Waals surface area contributed by atoms with Gasteiger partial charge in [-0.3, -0.25) is 12.8 Å². The van der Waals surface area contributed by atoms with Crippen molar-refractivity contribution in [3.63, 3.8) is 0 Å². The zero-order valence-electron chi connectivity index (χ0n) is 15.5. The van der Waals surface area contributed by atoms with Crippen molar-refractivity contribution in [1.29, 1.82) is 0 Å². The van der Waals surface area contributed by atoms with Gasteiger partial charge in [-0.1, -0.05) is 24.3 Å². The van der Waals surface area contributed by atoms with E-state index >= 15 is 0 Å². The van der Waals surface area contributed by atoms with Gasteiger partial charge >= 0.3 is 31.8 Å². The average Bonchev–Trinajstić information content (AvgIpc) is 2.44. The van der Waals surface area contributed by atoms with Crippen molar-refractivity contribution in [3.8, 4) is 0 Å². The molecule has 0 saturated heterocycles. The molecule has 11 heteroatoms. The van der Waals surface area contributed by atoms with Gasteiger partial charge in [-0.05, 0) is 39.5 Å².